The Morgan fingerprint density at radius 1 is 1.33 bits per heavy atom. The lowest BCUT2D eigenvalue weighted by atomic mass is 10.1. The number of carboxylic acid groups (broad SMARTS) is 1. The second kappa shape index (κ2) is 6.87. The Balaban J connectivity index is 3.45. The van der Waals surface area contributed by atoms with Crippen molar-refractivity contribution in [1.29, 1.82) is 0 Å². The summed E-state index contributed by atoms with van der Waals surface area (Å²) in [7, 11) is -3.73. The van der Waals surface area contributed by atoms with Crippen molar-refractivity contribution in [2.75, 3.05) is 13.1 Å². The molecule has 0 aromatic heterocycles. The third-order valence-electron chi connectivity index (χ3n) is 3.18. The number of aromatic carboxylic acids is 1. The minimum atomic E-state index is -3.73. The zero-order chi connectivity index (χ0) is 16.2. The Morgan fingerprint density at radius 2 is 1.95 bits per heavy atom. The van der Waals surface area contributed by atoms with Crippen LogP contribution in [0.5, 0.6) is 0 Å². The molecule has 0 aliphatic carbocycles. The number of aryl methyl sites for hydroxylation is 2. The lowest BCUT2D eigenvalue weighted by Crippen LogP contribution is -2.32. The molecule has 116 valence electrons. The van der Waals surface area contributed by atoms with Crippen LogP contribution in [0.4, 0.5) is 0 Å². The molecule has 5 nitrogen and oxygen atoms in total. The largest absolute Gasteiger partial charge is 0.478 e. The lowest BCUT2D eigenvalue weighted by molar-refractivity contribution is 0.0696. The number of sulfonamides is 1. The Labute approximate surface area is 126 Å². The van der Waals surface area contributed by atoms with Crippen molar-refractivity contribution in [3.8, 4) is 0 Å². The van der Waals surface area contributed by atoms with Gasteiger partial charge < -0.3 is 5.11 Å². The predicted molar refractivity (Wildman–Crippen MR) is 82.1 cm³/mol. The van der Waals surface area contributed by atoms with Crippen molar-refractivity contribution in [3.63, 3.8) is 0 Å². The summed E-state index contributed by atoms with van der Waals surface area (Å²) < 4.78 is 26.7. The number of nitrogens with zero attached hydrogens (tertiary/aromatic N) is 1. The van der Waals surface area contributed by atoms with Crippen LogP contribution in [0.3, 0.4) is 0 Å². The molecule has 0 unspecified atom stereocenters. The van der Waals surface area contributed by atoms with Gasteiger partial charge in [-0.3, -0.25) is 0 Å². The van der Waals surface area contributed by atoms with E-state index in [4.69, 9.17) is 5.11 Å². The highest BCUT2D eigenvalue weighted by molar-refractivity contribution is 7.89. The van der Waals surface area contributed by atoms with Gasteiger partial charge in [0.2, 0.25) is 10.0 Å². The first-order valence-electron chi connectivity index (χ1n) is 6.71. The molecule has 0 aliphatic heterocycles. The van der Waals surface area contributed by atoms with Gasteiger partial charge in [0.1, 0.15) is 0 Å². The minimum absolute atomic E-state index is 0.00854. The van der Waals surface area contributed by atoms with E-state index in [1.807, 2.05) is 6.92 Å². The van der Waals surface area contributed by atoms with Gasteiger partial charge in [0.15, 0.2) is 0 Å². The molecule has 0 heterocycles. The van der Waals surface area contributed by atoms with E-state index in [0.29, 0.717) is 24.1 Å². The first kappa shape index (κ1) is 17.4. The summed E-state index contributed by atoms with van der Waals surface area (Å²) in [5, 5.41) is 9.17. The molecule has 0 radical (unpaired) electrons. The molecule has 0 spiro atoms. The number of carboxylic acids is 1. The van der Waals surface area contributed by atoms with E-state index < -0.39 is 16.0 Å². The van der Waals surface area contributed by atoms with Gasteiger partial charge in [0.25, 0.3) is 0 Å². The number of hydrogen-bond acceptors (Lipinski definition) is 3. The second-order valence-corrected chi connectivity index (χ2v) is 6.80. The molecule has 0 fully saturated rings. The van der Waals surface area contributed by atoms with Crippen LogP contribution in [0.2, 0.25) is 0 Å². The van der Waals surface area contributed by atoms with Crippen LogP contribution >= 0.6 is 0 Å². The summed E-state index contributed by atoms with van der Waals surface area (Å²) in [6.07, 6.45) is 2.19. The fourth-order valence-electron chi connectivity index (χ4n) is 2.18. The van der Waals surface area contributed by atoms with Crippen molar-refractivity contribution < 1.29 is 18.3 Å². The van der Waals surface area contributed by atoms with Crippen LogP contribution in [0.1, 0.15) is 34.8 Å². The Kier molecular flexibility index (Phi) is 5.69. The van der Waals surface area contributed by atoms with Gasteiger partial charge in [0, 0.05) is 13.1 Å². The van der Waals surface area contributed by atoms with Gasteiger partial charge in [-0.15, -0.1) is 6.58 Å². The fraction of sp³-hybridized carbons (Fsp3) is 0.400. The fourth-order valence-corrected chi connectivity index (χ4v) is 3.92. The summed E-state index contributed by atoms with van der Waals surface area (Å²) in [5.74, 6) is -1.13. The minimum Gasteiger partial charge on any atom is -0.478 e. The number of carbonyl (C=O) groups is 1. The van der Waals surface area contributed by atoms with Crippen molar-refractivity contribution in [2.45, 2.75) is 32.1 Å². The van der Waals surface area contributed by atoms with Crippen molar-refractivity contribution in [2.24, 2.45) is 0 Å². The molecular formula is C15H21NO4S. The summed E-state index contributed by atoms with van der Waals surface area (Å²) in [6, 6.07) is 2.84. The topological polar surface area (TPSA) is 74.7 Å². The molecule has 0 atom stereocenters. The van der Waals surface area contributed by atoms with Crippen LogP contribution in [-0.4, -0.2) is 36.9 Å². The average molecular weight is 311 g/mol. The van der Waals surface area contributed by atoms with Crippen LogP contribution in [0.15, 0.2) is 29.7 Å². The molecule has 6 heteroatoms. The maximum absolute atomic E-state index is 12.7. The van der Waals surface area contributed by atoms with Gasteiger partial charge in [-0.05, 0) is 37.5 Å². The third kappa shape index (κ3) is 3.71. The highest BCUT2D eigenvalue weighted by atomic mass is 32.2. The van der Waals surface area contributed by atoms with E-state index in [9.17, 15) is 13.2 Å². The molecule has 21 heavy (non-hydrogen) atoms. The summed E-state index contributed by atoms with van der Waals surface area (Å²) in [6.45, 7) is 9.35. The summed E-state index contributed by atoms with van der Waals surface area (Å²) >= 11 is 0. The first-order chi connectivity index (χ1) is 9.75. The van der Waals surface area contributed by atoms with E-state index in [-0.39, 0.29) is 17.0 Å². The van der Waals surface area contributed by atoms with Crippen molar-refractivity contribution in [1.82, 2.24) is 4.31 Å². The highest BCUT2D eigenvalue weighted by Gasteiger charge is 2.26. The molecule has 1 N–H and O–H groups in total. The Bertz CT molecular complexity index is 650. The maximum Gasteiger partial charge on any atom is 0.335 e. The monoisotopic (exact) mass is 311 g/mol. The third-order valence-corrected chi connectivity index (χ3v) is 5.18. The van der Waals surface area contributed by atoms with Crippen molar-refractivity contribution in [3.05, 3.63) is 41.5 Å². The number of benzene rings is 1. The molecule has 0 saturated carbocycles. The van der Waals surface area contributed by atoms with Crippen LogP contribution in [-0.2, 0) is 10.0 Å². The van der Waals surface area contributed by atoms with E-state index in [2.05, 4.69) is 6.58 Å². The van der Waals surface area contributed by atoms with Crippen LogP contribution in [0, 0.1) is 13.8 Å². The van der Waals surface area contributed by atoms with Gasteiger partial charge >= 0.3 is 5.97 Å². The molecule has 0 bridgehead atoms. The molecule has 1 aromatic rings. The Hall–Kier alpha value is -1.66. The standard InChI is InChI=1S/C15H21NO4S/c1-5-7-16(8-6-2)21(19,20)14-10-13(15(17)18)11(3)9-12(14)4/h5,9-10H,1,6-8H2,2-4H3,(H,17,18). The van der Waals surface area contributed by atoms with Crippen molar-refractivity contribution >= 4 is 16.0 Å². The lowest BCUT2D eigenvalue weighted by Gasteiger charge is -2.21. The van der Waals surface area contributed by atoms with Gasteiger partial charge in [-0.2, -0.15) is 4.31 Å². The summed E-state index contributed by atoms with van der Waals surface area (Å²) in [4.78, 5) is 11.3. The van der Waals surface area contributed by atoms with Crippen LogP contribution in [0.25, 0.3) is 0 Å². The zero-order valence-electron chi connectivity index (χ0n) is 12.6. The van der Waals surface area contributed by atoms with Gasteiger partial charge in [-0.1, -0.05) is 19.1 Å². The van der Waals surface area contributed by atoms with Crippen LogP contribution < -0.4 is 0 Å². The van der Waals surface area contributed by atoms with E-state index in [0.717, 1.165) is 0 Å². The van der Waals surface area contributed by atoms with Gasteiger partial charge in [-0.25, -0.2) is 13.2 Å². The van der Waals surface area contributed by atoms with Gasteiger partial charge in [0.05, 0.1) is 10.5 Å². The predicted octanol–water partition coefficient (Wildman–Crippen LogP) is 2.59. The maximum atomic E-state index is 12.7. The molecule has 1 rings (SSSR count). The molecule has 1 aromatic carbocycles. The first-order valence-corrected chi connectivity index (χ1v) is 8.15. The quantitative estimate of drug-likeness (QED) is 0.785. The molecule has 0 aliphatic rings. The number of hydrogen-bond donors (Lipinski definition) is 1. The zero-order valence-corrected chi connectivity index (χ0v) is 13.4. The highest BCUT2D eigenvalue weighted by Crippen LogP contribution is 2.24. The molecule has 0 amide bonds. The van der Waals surface area contributed by atoms with E-state index in [1.54, 1.807) is 19.9 Å². The second-order valence-electron chi connectivity index (χ2n) is 4.89. The van der Waals surface area contributed by atoms with E-state index >= 15 is 0 Å². The normalized spacial score (nSPS) is 11.6. The van der Waals surface area contributed by atoms with E-state index in [1.165, 1.54) is 16.4 Å². The number of rotatable bonds is 7. The summed E-state index contributed by atoms with van der Waals surface area (Å²) in [5.41, 5.74) is 1.10. The molecular weight excluding hydrogens is 290 g/mol. The Morgan fingerprint density at radius 3 is 2.43 bits per heavy atom. The average Bonchev–Trinajstić information content (AvgIpc) is 2.37. The SMILES string of the molecule is C=CCN(CCC)S(=O)(=O)c1cc(C(=O)O)c(C)cc1C. The molecule has 0 saturated heterocycles. The smallest absolute Gasteiger partial charge is 0.335 e.